The summed E-state index contributed by atoms with van der Waals surface area (Å²) < 4.78 is 111. The molecule has 12 aromatic rings. The summed E-state index contributed by atoms with van der Waals surface area (Å²) in [6, 6.07) is 42.3. The van der Waals surface area contributed by atoms with Crippen LogP contribution in [0.25, 0.3) is 33.4 Å². The molecule has 5 aromatic carbocycles. The predicted molar refractivity (Wildman–Crippen MR) is 410 cm³/mol. The Morgan fingerprint density at radius 1 is 0.407 bits per heavy atom. The van der Waals surface area contributed by atoms with Gasteiger partial charge in [0, 0.05) is 88.8 Å². The first-order chi connectivity index (χ1) is 53.5. The topological polar surface area (TPSA) is 251 Å². The van der Waals surface area contributed by atoms with Crippen LogP contribution in [-0.2, 0) is 43.0 Å². The van der Waals surface area contributed by atoms with E-state index in [9.17, 15) is 63.9 Å². The van der Waals surface area contributed by atoms with Crippen molar-refractivity contribution in [3.05, 3.63) is 292 Å². The Morgan fingerprint density at radius 2 is 0.867 bits per heavy atom. The van der Waals surface area contributed by atoms with E-state index < -0.39 is 74.6 Å². The largest absolute Gasteiger partial charge is 0.434 e. The zero-order valence-electron chi connectivity index (χ0n) is 62.1. The van der Waals surface area contributed by atoms with Gasteiger partial charge < -0.3 is 16.0 Å². The molecule has 0 spiro atoms. The zero-order chi connectivity index (χ0) is 81.0. The van der Waals surface area contributed by atoms with Gasteiger partial charge in [0.05, 0.1) is 68.1 Å². The number of nitrogens with zero attached hydrogens (tertiary/aromatic N) is 11. The number of carbonyl (C=O) groups excluding carboxylic acids is 6. The predicted octanol–water partition coefficient (Wildman–Crippen LogP) is 18.4. The summed E-state index contributed by atoms with van der Waals surface area (Å²) in [5.74, 6) is -3.41. The molecule has 113 heavy (non-hydrogen) atoms. The second kappa shape index (κ2) is 30.0. The van der Waals surface area contributed by atoms with E-state index >= 15 is 0 Å². The molecule has 6 amide bonds. The van der Waals surface area contributed by atoms with E-state index in [2.05, 4.69) is 55.8 Å². The summed E-state index contributed by atoms with van der Waals surface area (Å²) in [6.07, 6.45) is 2.53. The molecule has 10 heterocycles. The third-order valence-electron chi connectivity index (χ3n) is 19.5. The normalized spacial score (nSPS) is 14.2. The maximum absolute atomic E-state index is 14.0. The van der Waals surface area contributed by atoms with Gasteiger partial charge in [0.25, 0.3) is 17.7 Å². The standard InChI is InChI=1S/C29H22F4N4O2.C28H21F4N5O2.C28H25N5O2/c1-16-7-9-19(10-8-16)36-26(38)22-11-17(13-35-25(22)29(31,32)33)21-5-4-6-23-24(21)28(2,3)27(39)37(23)20-12-18(30)14-34-15-20;1-15-7-8-17(13-20(15)29)36-25(38)19-12-16(14-35-23(19)28(30,31)32)18-9-11-34-24-22(18)27(2,3)26(39)37(24)21-6-4-5-10-33-21;1-17-9-11-20(12-10-17)32-25(34)22-15-19(16-31-18(22)2)21-7-5-8-23-24(21)28(3,4)26(35)33(23)27-29-13-6-14-30-27/h4-15H,1-3H3,(H,36,38);4-14H,1-3H3,(H,36,38);5-16H,1-4H3,(H,32,34). The number of fused-ring (bicyclic) bond motifs is 3. The number of pyridine rings is 6. The lowest BCUT2D eigenvalue weighted by molar-refractivity contribution is -0.142. The number of hydrogen-bond donors (Lipinski definition) is 3. The molecule has 0 unspecified atom stereocenters. The molecule has 28 heteroatoms. The molecule has 0 radical (unpaired) electrons. The van der Waals surface area contributed by atoms with Crippen molar-refractivity contribution in [3.8, 4) is 33.4 Å². The third kappa shape index (κ3) is 15.0. The van der Waals surface area contributed by atoms with Crippen LogP contribution < -0.4 is 30.7 Å². The van der Waals surface area contributed by atoms with Gasteiger partial charge in [0.15, 0.2) is 11.4 Å². The molecular formula is C85H68F8N14O6. The van der Waals surface area contributed by atoms with Crippen LogP contribution in [0.2, 0.25) is 0 Å². The Balaban J connectivity index is 0.000000148. The lowest BCUT2D eigenvalue weighted by Gasteiger charge is -2.21. The highest BCUT2D eigenvalue weighted by molar-refractivity contribution is 6.17. The van der Waals surface area contributed by atoms with Crippen molar-refractivity contribution in [2.45, 2.75) is 97.8 Å². The van der Waals surface area contributed by atoms with Gasteiger partial charge in [0.1, 0.15) is 23.3 Å². The summed E-state index contributed by atoms with van der Waals surface area (Å²) >= 11 is 0. The van der Waals surface area contributed by atoms with Crippen LogP contribution in [0.1, 0.15) is 123 Å². The van der Waals surface area contributed by atoms with E-state index in [1.54, 1.807) is 124 Å². The van der Waals surface area contributed by atoms with E-state index in [0.29, 0.717) is 62.2 Å². The van der Waals surface area contributed by atoms with E-state index in [-0.39, 0.29) is 51.9 Å². The van der Waals surface area contributed by atoms with Crippen molar-refractivity contribution in [2.75, 3.05) is 30.7 Å². The quantitative estimate of drug-likeness (QED) is 0.0963. The van der Waals surface area contributed by atoms with Gasteiger partial charge in [-0.05, 0) is 194 Å². The van der Waals surface area contributed by atoms with Crippen LogP contribution in [-0.4, -0.2) is 75.3 Å². The number of benzene rings is 5. The van der Waals surface area contributed by atoms with Crippen LogP contribution in [0.15, 0.2) is 213 Å². The Morgan fingerprint density at radius 3 is 1.38 bits per heavy atom. The molecule has 0 saturated heterocycles. The highest BCUT2D eigenvalue weighted by Crippen LogP contribution is 2.53. The number of aromatic nitrogens is 8. The fourth-order valence-corrected chi connectivity index (χ4v) is 13.8. The number of amides is 6. The van der Waals surface area contributed by atoms with Gasteiger partial charge in [-0.3, -0.25) is 53.6 Å². The molecule has 0 aliphatic carbocycles. The second-order valence-electron chi connectivity index (χ2n) is 28.5. The average Bonchev–Trinajstić information content (AvgIpc) is 1.62. The molecule has 20 nitrogen and oxygen atoms in total. The molecule has 570 valence electrons. The summed E-state index contributed by atoms with van der Waals surface area (Å²) in [6.45, 7) is 17.7. The van der Waals surface area contributed by atoms with Crippen molar-refractivity contribution in [3.63, 3.8) is 0 Å². The minimum atomic E-state index is -4.94. The Hall–Kier alpha value is -13.7. The zero-order valence-corrected chi connectivity index (χ0v) is 62.1. The minimum absolute atomic E-state index is 0.0100. The van der Waals surface area contributed by atoms with Gasteiger partial charge in [-0.1, -0.05) is 71.8 Å². The summed E-state index contributed by atoms with van der Waals surface area (Å²) in [5, 5.41) is 7.77. The maximum atomic E-state index is 14.0. The number of aryl methyl sites for hydroxylation is 4. The van der Waals surface area contributed by atoms with Gasteiger partial charge in [-0.25, -0.2) is 38.5 Å². The highest BCUT2D eigenvalue weighted by Gasteiger charge is 2.51. The molecule has 3 aliphatic rings. The number of rotatable bonds is 12. The number of halogens is 8. The highest BCUT2D eigenvalue weighted by atomic mass is 19.4. The van der Waals surface area contributed by atoms with Crippen LogP contribution in [0.4, 0.5) is 86.8 Å². The minimum Gasteiger partial charge on any atom is -0.322 e. The van der Waals surface area contributed by atoms with Gasteiger partial charge in [-0.15, -0.1) is 0 Å². The summed E-state index contributed by atoms with van der Waals surface area (Å²) in [5.41, 5.74) is 3.27. The fraction of sp³-hybridized carbons (Fsp3) is 0.176. The van der Waals surface area contributed by atoms with E-state index in [1.165, 1.54) is 53.5 Å². The number of carbonyl (C=O) groups is 6. The van der Waals surface area contributed by atoms with Crippen molar-refractivity contribution < 1.29 is 63.9 Å². The summed E-state index contributed by atoms with van der Waals surface area (Å²) in [7, 11) is 0. The molecule has 0 bridgehead atoms. The van der Waals surface area contributed by atoms with Crippen molar-refractivity contribution in [1.82, 2.24) is 39.9 Å². The monoisotopic (exact) mass is 1530 g/mol. The molecule has 15 rings (SSSR count). The second-order valence-corrected chi connectivity index (χ2v) is 28.5. The Labute approximate surface area is 642 Å². The third-order valence-corrected chi connectivity index (χ3v) is 19.5. The molecule has 3 N–H and O–H groups in total. The van der Waals surface area contributed by atoms with E-state index in [4.69, 9.17) is 0 Å². The molecular weight excluding hydrogens is 1470 g/mol. The molecule has 3 aliphatic heterocycles. The fourth-order valence-electron chi connectivity index (χ4n) is 13.8. The van der Waals surface area contributed by atoms with Crippen LogP contribution in [0.5, 0.6) is 0 Å². The first-order valence-electron chi connectivity index (χ1n) is 35.1. The maximum Gasteiger partial charge on any atom is 0.434 e. The van der Waals surface area contributed by atoms with Crippen LogP contribution >= 0.6 is 0 Å². The van der Waals surface area contributed by atoms with Gasteiger partial charge in [0.2, 0.25) is 23.7 Å². The number of alkyl halides is 6. The number of hydrogen-bond acceptors (Lipinski definition) is 14. The number of nitrogens with one attached hydrogen (secondary N) is 3. The molecule has 7 aromatic heterocycles. The molecule has 0 saturated carbocycles. The van der Waals surface area contributed by atoms with Gasteiger partial charge in [-0.2, -0.15) is 26.3 Å². The number of anilines is 9. The van der Waals surface area contributed by atoms with Crippen LogP contribution in [0.3, 0.4) is 0 Å². The van der Waals surface area contributed by atoms with Crippen molar-refractivity contribution >= 4 is 87.2 Å². The Kier molecular flexibility index (Phi) is 20.6. The molecule has 0 atom stereocenters. The SMILES string of the molecule is Cc1ccc(NC(=O)c2cc(-c3cccc4c3C(C)(C)C(=O)N4c3cncc(F)c3)cnc2C(F)(F)F)cc1.Cc1ccc(NC(=O)c2cc(-c3cccc4c3C(C)(C)C(=O)N4c3ncccn3)cnc2C)cc1.Cc1ccc(NC(=O)c2cc(-c3ccnc4c3C(C)(C)C(=O)N4c3ccccn3)cnc2C(F)(F)F)cc1F. The lowest BCUT2D eigenvalue weighted by Crippen LogP contribution is -2.34. The average molecular weight is 1530 g/mol. The van der Waals surface area contributed by atoms with Crippen molar-refractivity contribution in [1.29, 1.82) is 0 Å². The first-order valence-corrected chi connectivity index (χ1v) is 35.1. The summed E-state index contributed by atoms with van der Waals surface area (Å²) in [4.78, 5) is 117. The van der Waals surface area contributed by atoms with E-state index in [0.717, 1.165) is 76.0 Å². The Bertz CT molecular complexity index is 5810. The molecule has 0 fully saturated rings. The smallest absolute Gasteiger partial charge is 0.322 e. The van der Waals surface area contributed by atoms with Crippen LogP contribution in [0, 0.1) is 39.3 Å². The van der Waals surface area contributed by atoms with Crippen molar-refractivity contribution in [2.24, 2.45) is 0 Å². The lowest BCUT2D eigenvalue weighted by atomic mass is 9.81. The van der Waals surface area contributed by atoms with E-state index in [1.807, 2.05) is 83.1 Å². The first kappa shape index (κ1) is 77.5. The van der Waals surface area contributed by atoms with Gasteiger partial charge >= 0.3 is 12.4 Å².